The van der Waals surface area contributed by atoms with Crippen LogP contribution < -0.4 is 15.8 Å². The highest BCUT2D eigenvalue weighted by molar-refractivity contribution is 7.22. The maximum atomic E-state index is 13.2. The molecule has 2 aliphatic rings. The number of fused-ring (bicyclic) bond motifs is 2. The third-order valence-electron chi connectivity index (χ3n) is 4.97. The van der Waals surface area contributed by atoms with Gasteiger partial charge in [-0.15, -0.1) is 0 Å². The number of carbonyl (C=O) groups excluding carboxylic acids is 2. The van der Waals surface area contributed by atoms with Gasteiger partial charge >= 0.3 is 0 Å². The van der Waals surface area contributed by atoms with Gasteiger partial charge in [0.15, 0.2) is 0 Å². The lowest BCUT2D eigenvalue weighted by molar-refractivity contribution is -0.133. The average molecular weight is 382 g/mol. The number of nitrogens with zero attached hydrogens (tertiary/aromatic N) is 2. The molecule has 0 bridgehead atoms. The van der Waals surface area contributed by atoms with Crippen molar-refractivity contribution >= 4 is 38.4 Å². The quantitative estimate of drug-likeness (QED) is 0.667. The predicted octanol–water partition coefficient (Wildman–Crippen LogP) is 2.53. The van der Waals surface area contributed by atoms with Crippen molar-refractivity contribution in [2.45, 2.75) is 18.6 Å². The summed E-state index contributed by atoms with van der Waals surface area (Å²) in [6, 6.07) is 13.4. The van der Waals surface area contributed by atoms with E-state index in [4.69, 9.17) is 0 Å². The van der Waals surface area contributed by atoms with E-state index in [-0.39, 0.29) is 30.0 Å². The van der Waals surface area contributed by atoms with Crippen LogP contribution in [-0.4, -0.2) is 22.8 Å². The summed E-state index contributed by atoms with van der Waals surface area (Å²) >= 11 is 1.39. The zero-order valence-corrected chi connectivity index (χ0v) is 14.9. The first-order valence-corrected chi connectivity index (χ1v) is 9.42. The van der Waals surface area contributed by atoms with Crippen LogP contribution in [0, 0.1) is 11.7 Å². The van der Waals surface area contributed by atoms with Gasteiger partial charge in [0.2, 0.25) is 5.13 Å². The van der Waals surface area contributed by atoms with E-state index in [0.29, 0.717) is 5.13 Å². The number of benzene rings is 2. The first-order valence-electron chi connectivity index (χ1n) is 8.60. The topological polar surface area (TPSA) is 74.3 Å². The summed E-state index contributed by atoms with van der Waals surface area (Å²) in [6.45, 7) is 0. The van der Waals surface area contributed by atoms with Crippen molar-refractivity contribution in [2.75, 3.05) is 5.01 Å². The van der Waals surface area contributed by atoms with Crippen molar-refractivity contribution in [3.8, 4) is 0 Å². The molecule has 0 radical (unpaired) electrons. The second-order valence-corrected chi connectivity index (χ2v) is 7.67. The summed E-state index contributed by atoms with van der Waals surface area (Å²) < 4.78 is 14.1. The summed E-state index contributed by atoms with van der Waals surface area (Å²) in [4.78, 5) is 30.0. The molecule has 2 aromatic carbocycles. The fourth-order valence-corrected chi connectivity index (χ4v) is 4.57. The van der Waals surface area contributed by atoms with Gasteiger partial charge in [0, 0.05) is 12.5 Å². The van der Waals surface area contributed by atoms with Crippen LogP contribution in [-0.2, 0) is 9.59 Å². The number of hydrogen-bond acceptors (Lipinski definition) is 6. The van der Waals surface area contributed by atoms with Crippen molar-refractivity contribution in [1.29, 1.82) is 0 Å². The molecule has 0 spiro atoms. The molecule has 0 saturated carbocycles. The van der Waals surface area contributed by atoms with E-state index in [0.717, 1.165) is 15.8 Å². The molecule has 3 aromatic rings. The fourth-order valence-electron chi connectivity index (χ4n) is 3.63. The molecule has 2 N–H and O–H groups in total. The Bertz CT molecular complexity index is 1020. The number of rotatable bonds is 2. The summed E-state index contributed by atoms with van der Waals surface area (Å²) in [7, 11) is 0. The van der Waals surface area contributed by atoms with Crippen molar-refractivity contribution in [3.63, 3.8) is 0 Å². The molecule has 3 heterocycles. The van der Waals surface area contributed by atoms with Gasteiger partial charge in [-0.3, -0.25) is 14.9 Å². The molecule has 8 heteroatoms. The first kappa shape index (κ1) is 16.5. The van der Waals surface area contributed by atoms with Crippen molar-refractivity contribution in [2.24, 2.45) is 5.92 Å². The summed E-state index contributed by atoms with van der Waals surface area (Å²) in [5.41, 5.74) is 4.71. The molecule has 1 aromatic heterocycles. The predicted molar refractivity (Wildman–Crippen MR) is 99.4 cm³/mol. The maximum absolute atomic E-state index is 13.2. The molecule has 2 aliphatic heterocycles. The number of aromatic nitrogens is 1. The van der Waals surface area contributed by atoms with Gasteiger partial charge in [-0.1, -0.05) is 35.6 Å². The fraction of sp³-hybridized carbons (Fsp3) is 0.211. The normalized spacial score (nSPS) is 25.2. The van der Waals surface area contributed by atoms with E-state index in [1.807, 2.05) is 24.3 Å². The standard InChI is InChI=1S/C19H15FN4O2S/c20-11-7-5-10(6-8-11)13-9-14(25)16-17(21-13)23-24(18(16)26)19-22-12-3-1-2-4-15(12)27-19/h1-8,13,16-17,21,23H,9H2. The minimum Gasteiger partial charge on any atom is -0.299 e. The number of halogens is 1. The number of piperidine rings is 1. The highest BCUT2D eigenvalue weighted by Gasteiger charge is 2.50. The van der Waals surface area contributed by atoms with Crippen molar-refractivity contribution in [3.05, 3.63) is 59.9 Å². The van der Waals surface area contributed by atoms with Gasteiger partial charge in [0.1, 0.15) is 17.5 Å². The Labute approximate surface area is 158 Å². The number of para-hydroxylation sites is 1. The number of thiazole rings is 1. The van der Waals surface area contributed by atoms with E-state index in [2.05, 4.69) is 15.7 Å². The van der Waals surface area contributed by atoms with Crippen molar-refractivity contribution < 1.29 is 14.0 Å². The Morgan fingerprint density at radius 1 is 1.11 bits per heavy atom. The molecule has 1 amide bonds. The number of nitrogens with one attached hydrogen (secondary N) is 2. The Hall–Kier alpha value is -2.68. The molecule has 3 atom stereocenters. The van der Waals surface area contributed by atoms with Gasteiger partial charge in [0.25, 0.3) is 5.91 Å². The first-order chi connectivity index (χ1) is 13.1. The third kappa shape index (κ3) is 2.73. The molecule has 2 fully saturated rings. The molecule has 136 valence electrons. The summed E-state index contributed by atoms with van der Waals surface area (Å²) in [5, 5.41) is 5.20. The minimum absolute atomic E-state index is 0.130. The van der Waals surface area contributed by atoms with Gasteiger partial charge in [-0.2, -0.15) is 0 Å². The molecular weight excluding hydrogens is 367 g/mol. The van der Waals surface area contributed by atoms with E-state index in [9.17, 15) is 14.0 Å². The van der Waals surface area contributed by atoms with E-state index in [1.165, 1.54) is 28.5 Å². The van der Waals surface area contributed by atoms with Crippen LogP contribution in [0.15, 0.2) is 48.5 Å². The number of carbonyl (C=O) groups is 2. The van der Waals surface area contributed by atoms with Gasteiger partial charge in [-0.25, -0.2) is 19.8 Å². The second-order valence-electron chi connectivity index (χ2n) is 6.66. The smallest absolute Gasteiger partial charge is 0.257 e. The maximum Gasteiger partial charge on any atom is 0.257 e. The largest absolute Gasteiger partial charge is 0.299 e. The van der Waals surface area contributed by atoms with Crippen LogP contribution in [0.3, 0.4) is 0 Å². The summed E-state index contributed by atoms with van der Waals surface area (Å²) in [6.07, 6.45) is -0.325. The Balaban J connectivity index is 1.43. The Morgan fingerprint density at radius 3 is 2.67 bits per heavy atom. The van der Waals surface area contributed by atoms with Crippen molar-refractivity contribution in [1.82, 2.24) is 15.7 Å². The zero-order valence-electron chi connectivity index (χ0n) is 14.1. The number of amides is 1. The molecule has 0 aliphatic carbocycles. The number of hydrogen-bond donors (Lipinski definition) is 2. The number of ketones is 1. The molecule has 2 saturated heterocycles. The number of Topliss-reactive ketones (excluding diaryl/α,β-unsaturated/α-hetero) is 1. The zero-order chi connectivity index (χ0) is 18.5. The molecule has 6 nitrogen and oxygen atoms in total. The van der Waals surface area contributed by atoms with Gasteiger partial charge < -0.3 is 0 Å². The van der Waals surface area contributed by atoms with Crippen LogP contribution in [0.4, 0.5) is 9.52 Å². The van der Waals surface area contributed by atoms with Gasteiger partial charge in [-0.05, 0) is 29.8 Å². The molecule has 5 rings (SSSR count). The van der Waals surface area contributed by atoms with Crippen LogP contribution >= 0.6 is 11.3 Å². The molecular formula is C19H15FN4O2S. The van der Waals surface area contributed by atoms with E-state index >= 15 is 0 Å². The number of anilines is 1. The molecule has 3 unspecified atom stereocenters. The van der Waals surface area contributed by atoms with Crippen LogP contribution in [0.25, 0.3) is 10.2 Å². The molecule has 27 heavy (non-hydrogen) atoms. The average Bonchev–Trinajstić information content (AvgIpc) is 3.23. The van der Waals surface area contributed by atoms with Gasteiger partial charge in [0.05, 0.1) is 16.4 Å². The highest BCUT2D eigenvalue weighted by atomic mass is 32.1. The van der Waals surface area contributed by atoms with E-state index < -0.39 is 12.1 Å². The second kappa shape index (κ2) is 6.19. The number of hydrazine groups is 1. The van der Waals surface area contributed by atoms with Crippen LogP contribution in [0.5, 0.6) is 0 Å². The lowest BCUT2D eigenvalue weighted by Gasteiger charge is -2.30. The minimum atomic E-state index is -0.784. The Kier molecular flexibility index (Phi) is 3.78. The van der Waals surface area contributed by atoms with E-state index in [1.54, 1.807) is 12.1 Å². The lowest BCUT2D eigenvalue weighted by atomic mass is 9.88. The van der Waals surface area contributed by atoms with Crippen LogP contribution in [0.1, 0.15) is 18.0 Å². The Morgan fingerprint density at radius 2 is 1.89 bits per heavy atom. The highest BCUT2D eigenvalue weighted by Crippen LogP contribution is 2.35. The summed E-state index contributed by atoms with van der Waals surface area (Å²) in [5.74, 6) is -1.54. The monoisotopic (exact) mass is 382 g/mol. The SMILES string of the molecule is O=C1CC(c2ccc(F)cc2)NC2NN(c3nc4ccccc4s3)C(=O)C12. The third-order valence-corrected chi connectivity index (χ3v) is 5.99. The lowest BCUT2D eigenvalue weighted by Crippen LogP contribution is -2.52. The van der Waals surface area contributed by atoms with Crippen LogP contribution in [0.2, 0.25) is 0 Å².